The molecule has 0 spiro atoms. The molecule has 3 heterocycles. The zero-order chi connectivity index (χ0) is 25.9. The van der Waals surface area contributed by atoms with E-state index >= 15 is 0 Å². The highest BCUT2D eigenvalue weighted by Gasteiger charge is 2.33. The molecule has 4 rings (SSSR count). The highest BCUT2D eigenvalue weighted by Crippen LogP contribution is 2.31. The summed E-state index contributed by atoms with van der Waals surface area (Å²) in [5.74, 6) is -0.939. The predicted molar refractivity (Wildman–Crippen MR) is 126 cm³/mol. The van der Waals surface area contributed by atoms with Crippen LogP contribution in [-0.2, 0) is 16.2 Å². The Labute approximate surface area is 207 Å². The molecule has 4 aromatic rings. The highest BCUT2D eigenvalue weighted by atomic mass is 32.2. The molecule has 0 aliphatic rings. The van der Waals surface area contributed by atoms with Gasteiger partial charge in [-0.1, -0.05) is 30.3 Å². The number of nitrogens with one attached hydrogen (secondary N) is 2. The number of rotatable bonds is 7. The third kappa shape index (κ3) is 5.60. The van der Waals surface area contributed by atoms with Crippen LogP contribution in [0.15, 0.2) is 71.2 Å². The van der Waals surface area contributed by atoms with Gasteiger partial charge in [-0.15, -0.1) is 11.3 Å². The lowest BCUT2D eigenvalue weighted by Crippen LogP contribution is -2.17. The maximum absolute atomic E-state index is 13.0. The summed E-state index contributed by atoms with van der Waals surface area (Å²) in [6.45, 7) is 0. The number of aromatic nitrogens is 3. The van der Waals surface area contributed by atoms with Crippen molar-refractivity contribution in [3.05, 3.63) is 77.7 Å². The number of alkyl halides is 3. The summed E-state index contributed by atoms with van der Waals surface area (Å²) >= 11 is 1.26. The summed E-state index contributed by atoms with van der Waals surface area (Å²) in [5.41, 5.74) is -0.705. The monoisotopic (exact) mass is 535 g/mol. The number of methoxy groups -OCH3 is 1. The number of halogens is 3. The zero-order valence-corrected chi connectivity index (χ0v) is 19.9. The van der Waals surface area contributed by atoms with E-state index in [0.29, 0.717) is 11.1 Å². The van der Waals surface area contributed by atoms with E-state index in [2.05, 4.69) is 20.3 Å². The normalized spacial score (nSPS) is 11.7. The second-order valence-electron chi connectivity index (χ2n) is 7.12. The fraction of sp³-hybridized carbons (Fsp3) is 0.0909. The Bertz CT molecular complexity index is 1510. The van der Waals surface area contributed by atoms with Gasteiger partial charge in [-0.05, 0) is 18.2 Å². The van der Waals surface area contributed by atoms with Crippen LogP contribution in [0, 0.1) is 0 Å². The van der Waals surface area contributed by atoms with Crippen molar-refractivity contribution in [2.45, 2.75) is 11.1 Å². The van der Waals surface area contributed by atoms with Crippen LogP contribution in [0.5, 0.6) is 5.88 Å². The van der Waals surface area contributed by atoms with E-state index in [1.54, 1.807) is 5.38 Å². The van der Waals surface area contributed by atoms with Gasteiger partial charge in [0.15, 0.2) is 4.90 Å². The Morgan fingerprint density at radius 1 is 1.06 bits per heavy atom. The van der Waals surface area contributed by atoms with Crippen molar-refractivity contribution in [1.29, 1.82) is 0 Å². The van der Waals surface area contributed by atoms with Crippen molar-refractivity contribution >= 4 is 38.6 Å². The van der Waals surface area contributed by atoms with Crippen molar-refractivity contribution in [2.75, 3.05) is 17.1 Å². The molecular weight excluding hydrogens is 519 g/mol. The molecule has 0 bridgehead atoms. The largest absolute Gasteiger partial charge is 0.480 e. The van der Waals surface area contributed by atoms with Crippen LogP contribution in [0.4, 0.5) is 24.5 Å². The Morgan fingerprint density at radius 3 is 2.50 bits per heavy atom. The number of ether oxygens (including phenoxy) is 1. The molecule has 0 aliphatic heterocycles. The lowest BCUT2D eigenvalue weighted by molar-refractivity contribution is -0.141. The lowest BCUT2D eigenvalue weighted by atomic mass is 10.2. The van der Waals surface area contributed by atoms with Gasteiger partial charge >= 0.3 is 6.18 Å². The van der Waals surface area contributed by atoms with Gasteiger partial charge in [0.2, 0.25) is 5.88 Å². The molecule has 0 fully saturated rings. The molecule has 0 atom stereocenters. The number of anilines is 2. The van der Waals surface area contributed by atoms with Gasteiger partial charge in [0.1, 0.15) is 16.4 Å². The molecule has 0 saturated carbocycles. The third-order valence-corrected chi connectivity index (χ3v) is 6.89. The first-order valence-electron chi connectivity index (χ1n) is 9.99. The van der Waals surface area contributed by atoms with Gasteiger partial charge in [-0.2, -0.15) is 13.2 Å². The van der Waals surface area contributed by atoms with E-state index in [9.17, 15) is 26.4 Å². The maximum atomic E-state index is 13.0. The number of thiazole rings is 1. The van der Waals surface area contributed by atoms with E-state index in [1.165, 1.54) is 24.6 Å². The minimum atomic E-state index is -4.76. The Morgan fingerprint density at radius 2 is 1.81 bits per heavy atom. The van der Waals surface area contributed by atoms with Crippen LogP contribution in [0.1, 0.15) is 16.2 Å². The van der Waals surface area contributed by atoms with Crippen LogP contribution in [-0.4, -0.2) is 36.4 Å². The third-order valence-electron chi connectivity index (χ3n) is 4.62. The van der Waals surface area contributed by atoms with Crippen LogP contribution in [0.3, 0.4) is 0 Å². The molecule has 186 valence electrons. The van der Waals surface area contributed by atoms with Crippen molar-refractivity contribution < 1.29 is 31.1 Å². The average molecular weight is 536 g/mol. The topological polar surface area (TPSA) is 123 Å². The van der Waals surface area contributed by atoms with E-state index in [4.69, 9.17) is 4.74 Å². The van der Waals surface area contributed by atoms with E-state index < -0.39 is 32.7 Å². The van der Waals surface area contributed by atoms with Gasteiger partial charge < -0.3 is 10.1 Å². The Kier molecular flexibility index (Phi) is 6.90. The summed E-state index contributed by atoms with van der Waals surface area (Å²) in [5, 5.41) is 4.69. The quantitative estimate of drug-likeness (QED) is 0.352. The SMILES string of the molecule is COc1ncc(NC(=O)c2csc(-c3ccccc3)n2)cc1S(=O)(=O)Nc1ccnc(C(F)(F)F)c1. The number of pyridine rings is 2. The first-order chi connectivity index (χ1) is 17.1. The lowest BCUT2D eigenvalue weighted by Gasteiger charge is -2.13. The van der Waals surface area contributed by atoms with E-state index in [1.807, 2.05) is 35.1 Å². The van der Waals surface area contributed by atoms with Gasteiger partial charge in [0.05, 0.1) is 24.7 Å². The number of carbonyl (C=O) groups is 1. The summed E-state index contributed by atoms with van der Waals surface area (Å²) in [6.07, 6.45) is -2.76. The number of amides is 1. The molecule has 2 N–H and O–H groups in total. The molecule has 36 heavy (non-hydrogen) atoms. The molecule has 14 heteroatoms. The number of nitrogens with zero attached hydrogens (tertiary/aromatic N) is 3. The summed E-state index contributed by atoms with van der Waals surface area (Å²) < 4.78 is 71.8. The molecule has 0 aliphatic carbocycles. The second kappa shape index (κ2) is 9.91. The van der Waals surface area contributed by atoms with Crippen LogP contribution < -0.4 is 14.8 Å². The first-order valence-corrected chi connectivity index (χ1v) is 12.4. The van der Waals surface area contributed by atoms with Crippen LogP contribution in [0.2, 0.25) is 0 Å². The standard InChI is InChI=1S/C22H16F3N5O4S2/c1-34-20-17(36(32,33)30-14-7-8-26-18(10-14)22(23,24)25)9-15(11-27-20)28-19(31)16-12-35-21(29-16)13-5-3-2-4-6-13/h2-12H,1H3,(H,26,30)(H,28,31). The molecular formula is C22H16F3N5O4S2. The maximum Gasteiger partial charge on any atom is 0.433 e. The smallest absolute Gasteiger partial charge is 0.433 e. The Balaban J connectivity index is 1.58. The summed E-state index contributed by atoms with van der Waals surface area (Å²) in [6, 6.07) is 11.9. The predicted octanol–water partition coefficient (Wildman–Crippen LogP) is 4.68. The van der Waals surface area contributed by atoms with Crippen molar-refractivity contribution in [1.82, 2.24) is 15.0 Å². The van der Waals surface area contributed by atoms with Gasteiger partial charge in [0, 0.05) is 17.1 Å². The van der Waals surface area contributed by atoms with Crippen molar-refractivity contribution in [3.63, 3.8) is 0 Å². The summed E-state index contributed by atoms with van der Waals surface area (Å²) in [4.78, 5) is 23.6. The molecule has 3 aromatic heterocycles. The van der Waals surface area contributed by atoms with Gasteiger partial charge in [-0.25, -0.2) is 18.4 Å². The fourth-order valence-corrected chi connectivity index (χ4v) is 4.99. The minimum Gasteiger partial charge on any atom is -0.480 e. The van der Waals surface area contributed by atoms with Crippen LogP contribution >= 0.6 is 11.3 Å². The number of benzene rings is 1. The van der Waals surface area contributed by atoms with Gasteiger partial charge in [-0.3, -0.25) is 14.5 Å². The first kappa shape index (κ1) is 25.1. The Hall–Kier alpha value is -4.04. The van der Waals surface area contributed by atoms with Crippen LogP contribution in [0.25, 0.3) is 10.6 Å². The molecule has 0 unspecified atom stereocenters. The average Bonchev–Trinajstić information content (AvgIpc) is 3.35. The summed E-state index contributed by atoms with van der Waals surface area (Å²) in [7, 11) is -3.30. The molecule has 0 saturated heterocycles. The van der Waals surface area contributed by atoms with Crippen molar-refractivity contribution in [2.24, 2.45) is 0 Å². The minimum absolute atomic E-state index is 0.00106. The molecule has 1 aromatic carbocycles. The molecule has 1 amide bonds. The molecule has 9 nitrogen and oxygen atoms in total. The number of hydrogen-bond donors (Lipinski definition) is 2. The number of carbonyl (C=O) groups excluding carboxylic acids is 1. The van der Waals surface area contributed by atoms with Gasteiger partial charge in [0.25, 0.3) is 15.9 Å². The zero-order valence-electron chi connectivity index (χ0n) is 18.3. The highest BCUT2D eigenvalue weighted by molar-refractivity contribution is 7.92. The molecule has 0 radical (unpaired) electrons. The van der Waals surface area contributed by atoms with E-state index in [0.717, 1.165) is 23.9 Å². The second-order valence-corrected chi connectivity index (χ2v) is 9.63. The number of hydrogen-bond acceptors (Lipinski definition) is 8. The number of sulfonamides is 1. The fourth-order valence-electron chi connectivity index (χ4n) is 2.99. The van der Waals surface area contributed by atoms with Crippen molar-refractivity contribution in [3.8, 4) is 16.5 Å². The van der Waals surface area contributed by atoms with E-state index in [-0.39, 0.29) is 22.9 Å².